The molecule has 1 aromatic carbocycles. The molecule has 0 radical (unpaired) electrons. The van der Waals surface area contributed by atoms with E-state index >= 15 is 0 Å². The topological polar surface area (TPSA) is 60.2 Å². The van der Waals surface area contributed by atoms with Gasteiger partial charge in [0.05, 0.1) is 9.80 Å². The lowest BCUT2D eigenvalue weighted by Crippen LogP contribution is -1.89. The van der Waals surface area contributed by atoms with Crippen molar-refractivity contribution < 1.29 is 9.72 Å². The highest BCUT2D eigenvalue weighted by Crippen LogP contribution is 2.21. The van der Waals surface area contributed by atoms with Gasteiger partial charge in [-0.05, 0) is 45.8 Å². The van der Waals surface area contributed by atoms with Crippen molar-refractivity contribution in [2.45, 2.75) is 0 Å². The average Bonchev–Trinajstić information content (AvgIpc) is 2.83. The summed E-state index contributed by atoms with van der Waals surface area (Å²) in [4.78, 5) is 22.5. The van der Waals surface area contributed by atoms with Gasteiger partial charge in [-0.1, -0.05) is 6.08 Å². The van der Waals surface area contributed by atoms with Gasteiger partial charge in [-0.2, -0.15) is 0 Å². The fourth-order valence-corrected chi connectivity index (χ4v) is 2.75. The molecule has 4 nitrogen and oxygen atoms in total. The molecule has 1 aromatic heterocycles. The second-order valence-electron chi connectivity index (χ2n) is 3.68. The van der Waals surface area contributed by atoms with Crippen LogP contribution >= 0.6 is 27.3 Å². The lowest BCUT2D eigenvalue weighted by molar-refractivity contribution is -0.384. The number of nitro groups is 1. The van der Waals surface area contributed by atoms with E-state index in [-0.39, 0.29) is 11.5 Å². The Bertz CT molecular complexity index is 646. The number of thiophene rings is 1. The van der Waals surface area contributed by atoms with Crippen molar-refractivity contribution in [2.75, 3.05) is 0 Å². The summed E-state index contributed by atoms with van der Waals surface area (Å²) in [6.45, 7) is 0. The van der Waals surface area contributed by atoms with Crippen LogP contribution in [0.2, 0.25) is 0 Å². The van der Waals surface area contributed by atoms with E-state index < -0.39 is 4.92 Å². The van der Waals surface area contributed by atoms with Crippen LogP contribution in [-0.4, -0.2) is 10.7 Å². The van der Waals surface area contributed by atoms with Gasteiger partial charge in [-0.25, -0.2) is 0 Å². The van der Waals surface area contributed by atoms with E-state index in [0.29, 0.717) is 4.88 Å². The Labute approximate surface area is 121 Å². The summed E-state index contributed by atoms with van der Waals surface area (Å²) < 4.78 is 0.879. The lowest BCUT2D eigenvalue weighted by Gasteiger charge is -1.93. The number of non-ortho nitro benzene ring substituents is 1. The number of hydrogen-bond donors (Lipinski definition) is 0. The predicted molar refractivity (Wildman–Crippen MR) is 78.5 cm³/mol. The van der Waals surface area contributed by atoms with Crippen molar-refractivity contribution >= 4 is 44.8 Å². The molecule has 6 heteroatoms. The van der Waals surface area contributed by atoms with Crippen LogP contribution in [0.5, 0.6) is 0 Å². The molecule has 0 spiro atoms. The lowest BCUT2D eigenvalue weighted by atomic mass is 10.1. The molecular formula is C13H8BrNO3S. The molecule has 0 amide bonds. The van der Waals surface area contributed by atoms with Crippen molar-refractivity contribution in [1.82, 2.24) is 0 Å². The monoisotopic (exact) mass is 337 g/mol. The Balaban J connectivity index is 2.10. The molecule has 2 aromatic rings. The molecule has 0 atom stereocenters. The minimum Gasteiger partial charge on any atom is -0.288 e. The first kappa shape index (κ1) is 13.6. The highest BCUT2D eigenvalue weighted by Gasteiger charge is 2.05. The number of nitrogens with zero attached hydrogens (tertiary/aromatic N) is 1. The van der Waals surface area contributed by atoms with Crippen molar-refractivity contribution in [3.8, 4) is 0 Å². The average molecular weight is 338 g/mol. The maximum absolute atomic E-state index is 11.8. The third-order valence-corrected chi connectivity index (χ3v) is 4.05. The predicted octanol–water partition coefficient (Wildman–Crippen LogP) is 4.31. The minimum absolute atomic E-state index is 0.0330. The van der Waals surface area contributed by atoms with Gasteiger partial charge in [0, 0.05) is 22.0 Å². The Morgan fingerprint density at radius 1 is 1.32 bits per heavy atom. The van der Waals surface area contributed by atoms with Crippen LogP contribution in [-0.2, 0) is 0 Å². The highest BCUT2D eigenvalue weighted by atomic mass is 79.9. The molecule has 0 unspecified atom stereocenters. The number of carbonyl (C=O) groups excluding carboxylic acids is 1. The van der Waals surface area contributed by atoms with Gasteiger partial charge in [0.25, 0.3) is 5.69 Å². The maximum Gasteiger partial charge on any atom is 0.269 e. The molecule has 2 rings (SSSR count). The number of carbonyl (C=O) groups is 1. The van der Waals surface area contributed by atoms with Gasteiger partial charge in [0.2, 0.25) is 0 Å². The maximum atomic E-state index is 11.8. The minimum atomic E-state index is -0.457. The molecule has 0 bridgehead atoms. The summed E-state index contributed by atoms with van der Waals surface area (Å²) in [6, 6.07) is 7.78. The van der Waals surface area contributed by atoms with Gasteiger partial charge >= 0.3 is 0 Å². The smallest absolute Gasteiger partial charge is 0.269 e. The van der Waals surface area contributed by atoms with E-state index in [1.54, 1.807) is 24.3 Å². The second kappa shape index (κ2) is 5.90. The number of nitro benzene ring substituents is 1. The quantitative estimate of drug-likeness (QED) is 0.361. The summed E-state index contributed by atoms with van der Waals surface area (Å²) in [6.07, 6.45) is 3.10. The van der Waals surface area contributed by atoms with Crippen molar-refractivity contribution in [2.24, 2.45) is 0 Å². The summed E-state index contributed by atoms with van der Waals surface area (Å²) in [5.41, 5.74) is 0.778. The van der Waals surface area contributed by atoms with Crippen LogP contribution in [0, 0.1) is 10.1 Å². The van der Waals surface area contributed by atoms with Crippen LogP contribution < -0.4 is 0 Å². The second-order valence-corrected chi connectivity index (χ2v) is 5.50. The van der Waals surface area contributed by atoms with Gasteiger partial charge in [0.1, 0.15) is 0 Å². The number of hydrogen-bond acceptors (Lipinski definition) is 4. The summed E-state index contributed by atoms with van der Waals surface area (Å²) in [7, 11) is 0. The largest absolute Gasteiger partial charge is 0.288 e. The first-order valence-corrected chi connectivity index (χ1v) is 6.94. The van der Waals surface area contributed by atoms with Crippen LogP contribution in [0.4, 0.5) is 5.69 Å². The van der Waals surface area contributed by atoms with E-state index in [0.717, 1.165) is 10.0 Å². The van der Waals surface area contributed by atoms with Crippen LogP contribution in [0.25, 0.3) is 6.08 Å². The molecule has 0 fully saturated rings. The van der Waals surface area contributed by atoms with E-state index in [2.05, 4.69) is 15.9 Å². The van der Waals surface area contributed by atoms with Crippen LogP contribution in [0.15, 0.2) is 46.3 Å². The fourth-order valence-electron chi connectivity index (χ4n) is 1.40. The molecule has 1 heterocycles. The zero-order chi connectivity index (χ0) is 13.8. The Morgan fingerprint density at radius 2 is 2.00 bits per heavy atom. The molecule has 0 saturated carbocycles. The molecule has 0 aliphatic rings. The number of ketones is 1. The first-order valence-electron chi connectivity index (χ1n) is 5.27. The Kier molecular flexibility index (Phi) is 4.24. The molecule has 0 saturated heterocycles. The number of benzene rings is 1. The van der Waals surface area contributed by atoms with Gasteiger partial charge in [0.15, 0.2) is 5.78 Å². The van der Waals surface area contributed by atoms with Gasteiger partial charge in [-0.3, -0.25) is 14.9 Å². The van der Waals surface area contributed by atoms with E-state index in [1.807, 2.05) is 5.38 Å². The molecule has 96 valence electrons. The van der Waals surface area contributed by atoms with E-state index in [4.69, 9.17) is 0 Å². The van der Waals surface area contributed by atoms with Crippen molar-refractivity contribution in [1.29, 1.82) is 0 Å². The Hall–Kier alpha value is -1.79. The third kappa shape index (κ3) is 3.59. The number of rotatable bonds is 4. The molecule has 0 N–H and O–H groups in total. The SMILES string of the molecule is O=C(/C=C/c1ccc([N+](=O)[O-])cc1)c1cc(Br)cs1. The standard InChI is InChI=1S/C13H8BrNO3S/c14-10-7-13(19-8-10)12(16)6-3-9-1-4-11(5-2-9)15(17)18/h1-8H/b6-3+. The Morgan fingerprint density at radius 3 is 2.53 bits per heavy atom. The highest BCUT2D eigenvalue weighted by molar-refractivity contribution is 9.10. The van der Waals surface area contributed by atoms with Crippen molar-refractivity contribution in [3.63, 3.8) is 0 Å². The van der Waals surface area contributed by atoms with Gasteiger partial charge < -0.3 is 0 Å². The van der Waals surface area contributed by atoms with Crippen molar-refractivity contribution in [3.05, 3.63) is 66.8 Å². The zero-order valence-electron chi connectivity index (χ0n) is 9.58. The molecule has 0 aliphatic heterocycles. The zero-order valence-corrected chi connectivity index (χ0v) is 12.0. The van der Waals surface area contributed by atoms with Gasteiger partial charge in [-0.15, -0.1) is 11.3 Å². The fraction of sp³-hybridized carbons (Fsp3) is 0. The molecule has 19 heavy (non-hydrogen) atoms. The first-order chi connectivity index (χ1) is 9.06. The van der Waals surface area contributed by atoms with Crippen LogP contribution in [0.3, 0.4) is 0 Å². The summed E-state index contributed by atoms with van der Waals surface area (Å²) in [5, 5.41) is 12.3. The molecular weight excluding hydrogens is 330 g/mol. The van der Waals surface area contributed by atoms with Crippen LogP contribution in [0.1, 0.15) is 15.2 Å². The summed E-state index contributed by atoms with van der Waals surface area (Å²) in [5.74, 6) is -0.0888. The number of halogens is 1. The molecule has 0 aliphatic carbocycles. The normalized spacial score (nSPS) is 10.8. The number of allylic oxidation sites excluding steroid dienone is 1. The van der Waals surface area contributed by atoms with E-state index in [9.17, 15) is 14.9 Å². The van der Waals surface area contributed by atoms with E-state index in [1.165, 1.54) is 29.5 Å². The summed E-state index contributed by atoms with van der Waals surface area (Å²) >= 11 is 4.65. The third-order valence-electron chi connectivity index (χ3n) is 2.34.